The van der Waals surface area contributed by atoms with Gasteiger partial charge in [0.15, 0.2) is 0 Å². The van der Waals surface area contributed by atoms with Gasteiger partial charge in [-0.15, -0.1) is 0 Å². The molecule has 0 aliphatic rings. The van der Waals surface area contributed by atoms with Crippen molar-refractivity contribution in [2.75, 3.05) is 24.6 Å². The molecule has 1 atom stereocenters. The molecule has 1 rings (SSSR count). The third-order valence-electron chi connectivity index (χ3n) is 3.49. The minimum absolute atomic E-state index is 0.671. The smallest absolute Gasteiger partial charge is 0.00202 e. The van der Waals surface area contributed by atoms with Crippen LogP contribution in [0.15, 0.2) is 24.3 Å². The van der Waals surface area contributed by atoms with E-state index < -0.39 is 0 Å². The number of thioether (sulfide) groups is 1. The van der Waals surface area contributed by atoms with Crippen LogP contribution in [-0.4, -0.2) is 24.6 Å². The molecule has 108 valence electrons. The first kappa shape index (κ1) is 16.6. The zero-order valence-electron chi connectivity index (χ0n) is 12.7. The highest BCUT2D eigenvalue weighted by Gasteiger charge is 2.12. The van der Waals surface area contributed by atoms with Crippen LogP contribution >= 0.6 is 11.8 Å². The Kier molecular flexibility index (Phi) is 9.02. The van der Waals surface area contributed by atoms with Gasteiger partial charge in [-0.1, -0.05) is 38.1 Å². The predicted molar refractivity (Wildman–Crippen MR) is 89.3 cm³/mol. The van der Waals surface area contributed by atoms with E-state index in [0.29, 0.717) is 5.92 Å². The van der Waals surface area contributed by atoms with E-state index in [1.54, 1.807) is 0 Å². The van der Waals surface area contributed by atoms with Crippen molar-refractivity contribution in [3.8, 4) is 0 Å². The van der Waals surface area contributed by atoms with Crippen LogP contribution in [0.5, 0.6) is 0 Å². The van der Waals surface area contributed by atoms with Gasteiger partial charge in [0.25, 0.3) is 0 Å². The summed E-state index contributed by atoms with van der Waals surface area (Å²) in [6, 6.07) is 8.86. The molecule has 19 heavy (non-hydrogen) atoms. The van der Waals surface area contributed by atoms with Crippen LogP contribution in [0.3, 0.4) is 0 Å². The molecule has 0 aliphatic carbocycles. The van der Waals surface area contributed by atoms with Crippen LogP contribution in [0.2, 0.25) is 0 Å². The molecular formula is C17H29NS. The highest BCUT2D eigenvalue weighted by Crippen LogP contribution is 2.24. The third-order valence-corrected chi connectivity index (χ3v) is 4.48. The lowest BCUT2D eigenvalue weighted by Crippen LogP contribution is -2.23. The summed E-state index contributed by atoms with van der Waals surface area (Å²) in [5.41, 5.74) is 2.97. The summed E-state index contributed by atoms with van der Waals surface area (Å²) in [4.78, 5) is 0. The number of hydrogen-bond donors (Lipinski definition) is 1. The molecule has 0 amide bonds. The number of nitrogens with one attached hydrogen (secondary N) is 1. The first-order chi connectivity index (χ1) is 9.29. The number of rotatable bonds is 10. The van der Waals surface area contributed by atoms with Gasteiger partial charge in [0.05, 0.1) is 0 Å². The first-order valence-corrected chi connectivity index (χ1v) is 8.79. The average molecular weight is 279 g/mol. The molecule has 1 aromatic rings. The molecule has 0 saturated carbocycles. The van der Waals surface area contributed by atoms with E-state index in [0.717, 1.165) is 13.1 Å². The van der Waals surface area contributed by atoms with Crippen molar-refractivity contribution in [1.29, 1.82) is 0 Å². The highest BCUT2D eigenvalue weighted by molar-refractivity contribution is 7.99. The van der Waals surface area contributed by atoms with E-state index in [1.165, 1.54) is 41.9 Å². The lowest BCUT2D eigenvalue weighted by molar-refractivity contribution is 0.543. The second-order valence-electron chi connectivity index (χ2n) is 5.10. The molecule has 0 saturated heterocycles. The van der Waals surface area contributed by atoms with Crippen molar-refractivity contribution >= 4 is 11.8 Å². The lowest BCUT2D eigenvalue weighted by Gasteiger charge is -2.20. The zero-order valence-corrected chi connectivity index (χ0v) is 13.6. The maximum atomic E-state index is 3.59. The molecule has 1 unspecified atom stereocenters. The molecule has 2 heteroatoms. The Balaban J connectivity index is 2.55. The summed E-state index contributed by atoms with van der Waals surface area (Å²) < 4.78 is 0. The van der Waals surface area contributed by atoms with Crippen LogP contribution in [0.4, 0.5) is 0 Å². The van der Waals surface area contributed by atoms with E-state index in [4.69, 9.17) is 0 Å². The van der Waals surface area contributed by atoms with E-state index in [1.807, 2.05) is 0 Å². The van der Waals surface area contributed by atoms with Crippen molar-refractivity contribution in [2.24, 2.45) is 0 Å². The summed E-state index contributed by atoms with van der Waals surface area (Å²) in [5.74, 6) is 3.21. The zero-order chi connectivity index (χ0) is 13.9. The number of aryl methyl sites for hydroxylation is 1. The second-order valence-corrected chi connectivity index (χ2v) is 6.49. The molecule has 0 aromatic heterocycles. The number of hydrogen-bond acceptors (Lipinski definition) is 2. The average Bonchev–Trinajstić information content (AvgIpc) is 2.42. The maximum Gasteiger partial charge on any atom is 0.00202 e. The molecule has 0 spiro atoms. The van der Waals surface area contributed by atoms with Crippen molar-refractivity contribution in [3.63, 3.8) is 0 Å². The molecular weight excluding hydrogens is 250 g/mol. The molecule has 1 nitrogen and oxygen atoms in total. The molecule has 0 heterocycles. The fraction of sp³-hybridized carbons (Fsp3) is 0.647. The summed E-state index contributed by atoms with van der Waals surface area (Å²) in [7, 11) is 0. The minimum Gasteiger partial charge on any atom is -0.316 e. The van der Waals surface area contributed by atoms with Gasteiger partial charge in [0.1, 0.15) is 0 Å². The van der Waals surface area contributed by atoms with E-state index in [2.05, 4.69) is 62.1 Å². The highest BCUT2D eigenvalue weighted by atomic mass is 32.2. The minimum atomic E-state index is 0.671. The van der Waals surface area contributed by atoms with E-state index in [9.17, 15) is 0 Å². The Morgan fingerprint density at radius 2 is 2.00 bits per heavy atom. The van der Waals surface area contributed by atoms with Crippen LogP contribution in [-0.2, 0) is 0 Å². The second kappa shape index (κ2) is 10.3. The molecule has 1 aromatic carbocycles. The Morgan fingerprint density at radius 1 is 1.21 bits per heavy atom. The maximum absolute atomic E-state index is 3.59. The lowest BCUT2D eigenvalue weighted by atomic mass is 9.91. The van der Waals surface area contributed by atoms with Gasteiger partial charge in [-0.3, -0.25) is 0 Å². The fourth-order valence-electron chi connectivity index (χ4n) is 2.44. The van der Waals surface area contributed by atoms with Crippen LogP contribution in [0.25, 0.3) is 0 Å². The standard InChI is InChI=1S/C17H29NS/c1-4-12-18-14-16(10-8-13-19-5-2)17-11-7-6-9-15(17)3/h6-7,9,11,16,18H,4-5,8,10,12-14H2,1-3H3. The number of benzene rings is 1. The Morgan fingerprint density at radius 3 is 2.68 bits per heavy atom. The molecule has 0 aliphatic heterocycles. The first-order valence-electron chi connectivity index (χ1n) is 7.63. The van der Waals surface area contributed by atoms with Gasteiger partial charge in [-0.25, -0.2) is 0 Å². The topological polar surface area (TPSA) is 12.0 Å². The van der Waals surface area contributed by atoms with Crippen molar-refractivity contribution in [3.05, 3.63) is 35.4 Å². The monoisotopic (exact) mass is 279 g/mol. The van der Waals surface area contributed by atoms with E-state index in [-0.39, 0.29) is 0 Å². The van der Waals surface area contributed by atoms with Crippen molar-refractivity contribution < 1.29 is 0 Å². The van der Waals surface area contributed by atoms with Crippen LogP contribution in [0, 0.1) is 6.92 Å². The molecule has 1 N–H and O–H groups in total. The van der Waals surface area contributed by atoms with Gasteiger partial charge >= 0.3 is 0 Å². The molecule has 0 fully saturated rings. The Labute approximate surface area is 123 Å². The summed E-state index contributed by atoms with van der Waals surface area (Å²) in [6.07, 6.45) is 3.84. The fourth-order valence-corrected chi connectivity index (χ4v) is 3.10. The largest absolute Gasteiger partial charge is 0.316 e. The summed E-state index contributed by atoms with van der Waals surface area (Å²) in [5, 5.41) is 3.59. The summed E-state index contributed by atoms with van der Waals surface area (Å²) in [6.45, 7) is 8.96. The molecule has 0 radical (unpaired) electrons. The molecule has 0 bridgehead atoms. The summed E-state index contributed by atoms with van der Waals surface area (Å²) >= 11 is 2.06. The van der Waals surface area contributed by atoms with Gasteiger partial charge in [-0.05, 0) is 61.3 Å². The Bertz CT molecular complexity index is 338. The third kappa shape index (κ3) is 6.49. The normalized spacial score (nSPS) is 12.6. The van der Waals surface area contributed by atoms with E-state index >= 15 is 0 Å². The SMILES string of the molecule is CCCNCC(CCCSCC)c1ccccc1C. The quantitative estimate of drug-likeness (QED) is 0.628. The van der Waals surface area contributed by atoms with Gasteiger partial charge in [0, 0.05) is 6.54 Å². The van der Waals surface area contributed by atoms with Gasteiger partial charge in [-0.2, -0.15) is 11.8 Å². The van der Waals surface area contributed by atoms with Crippen LogP contribution < -0.4 is 5.32 Å². The van der Waals surface area contributed by atoms with Crippen molar-refractivity contribution in [2.45, 2.75) is 46.0 Å². The van der Waals surface area contributed by atoms with Crippen molar-refractivity contribution in [1.82, 2.24) is 5.32 Å². The van der Waals surface area contributed by atoms with Gasteiger partial charge < -0.3 is 5.32 Å². The van der Waals surface area contributed by atoms with Gasteiger partial charge in [0.2, 0.25) is 0 Å². The van der Waals surface area contributed by atoms with Crippen LogP contribution in [0.1, 0.15) is 50.2 Å². The predicted octanol–water partition coefficient (Wildman–Crippen LogP) is 4.61. The Hall–Kier alpha value is -0.470.